The number of azide groups is 1. The number of ether oxygens (including phenoxy) is 1. The van der Waals surface area contributed by atoms with Gasteiger partial charge in [0, 0.05) is 36.4 Å². The Labute approximate surface area is 167 Å². The molecule has 2 aromatic heterocycles. The van der Waals surface area contributed by atoms with Gasteiger partial charge >= 0.3 is 0 Å². The summed E-state index contributed by atoms with van der Waals surface area (Å²) in [6.07, 6.45) is 7.19. The van der Waals surface area contributed by atoms with E-state index in [0.29, 0.717) is 29.3 Å². The number of nitrogens with zero attached hydrogens (tertiary/aromatic N) is 5. The Balaban J connectivity index is 1.72. The van der Waals surface area contributed by atoms with Crippen LogP contribution in [-0.2, 0) is 15.4 Å². The summed E-state index contributed by atoms with van der Waals surface area (Å²) < 4.78 is 29.2. The molecular formula is C18H20ClN5O3S. The first-order valence-corrected chi connectivity index (χ1v) is 11.4. The van der Waals surface area contributed by atoms with Gasteiger partial charge in [0.05, 0.1) is 16.2 Å². The minimum Gasteiger partial charge on any atom is -0.474 e. The van der Waals surface area contributed by atoms with Crippen molar-refractivity contribution in [3.05, 3.63) is 39.6 Å². The molecule has 2 fully saturated rings. The van der Waals surface area contributed by atoms with E-state index in [1.165, 1.54) is 6.26 Å². The van der Waals surface area contributed by atoms with E-state index in [-0.39, 0.29) is 17.3 Å². The number of fused-ring (bicyclic) bond motifs is 1. The molecular weight excluding hydrogens is 402 g/mol. The molecule has 0 aromatic carbocycles. The normalized spacial score (nSPS) is 24.1. The van der Waals surface area contributed by atoms with Crippen LogP contribution in [0, 0.1) is 5.92 Å². The van der Waals surface area contributed by atoms with Gasteiger partial charge in [-0.2, -0.15) is 0 Å². The van der Waals surface area contributed by atoms with Crippen molar-refractivity contribution >= 4 is 32.2 Å². The Morgan fingerprint density at radius 2 is 2.00 bits per heavy atom. The Morgan fingerprint density at radius 3 is 2.61 bits per heavy atom. The van der Waals surface area contributed by atoms with Gasteiger partial charge in [-0.3, -0.25) is 0 Å². The standard InChI is InChI=1S/C18H20ClN5O3S/c1-18(23-24-20,10-3-4-10)15-9-22-17(14-8-21-16(19)7-13(14)15)27-11-5-12(6-11)28(2,25)26/h7-12H,3-6H2,1-2H3/t11?,12?,18-/m0/s1. The molecule has 0 amide bonds. The molecule has 4 rings (SSSR count). The zero-order chi connectivity index (χ0) is 20.1. The zero-order valence-corrected chi connectivity index (χ0v) is 17.1. The molecule has 2 saturated carbocycles. The Kier molecular flexibility index (Phi) is 4.64. The SMILES string of the molecule is C[C@@](N=[N+]=[N-])(c1cnc(OC2CC(S(C)(=O)=O)C2)c2cnc(Cl)cc12)C1CC1. The first kappa shape index (κ1) is 19.2. The number of rotatable bonds is 6. The van der Waals surface area contributed by atoms with Gasteiger partial charge < -0.3 is 4.74 Å². The third-order valence-electron chi connectivity index (χ3n) is 5.81. The van der Waals surface area contributed by atoms with Gasteiger partial charge in [0.25, 0.3) is 0 Å². The van der Waals surface area contributed by atoms with Crippen molar-refractivity contribution in [2.75, 3.05) is 6.26 Å². The number of hydrogen-bond acceptors (Lipinski definition) is 6. The fourth-order valence-electron chi connectivity index (χ4n) is 3.80. The summed E-state index contributed by atoms with van der Waals surface area (Å²) in [6.45, 7) is 1.92. The van der Waals surface area contributed by atoms with Gasteiger partial charge in [0.1, 0.15) is 11.3 Å². The second-order valence-corrected chi connectivity index (χ2v) is 10.5. The molecule has 8 nitrogen and oxygen atoms in total. The van der Waals surface area contributed by atoms with Crippen LogP contribution in [0.2, 0.25) is 5.15 Å². The van der Waals surface area contributed by atoms with Crippen LogP contribution in [0.5, 0.6) is 5.88 Å². The molecule has 1 atom stereocenters. The maximum atomic E-state index is 11.6. The predicted octanol–water partition coefficient (Wildman–Crippen LogP) is 4.17. The van der Waals surface area contributed by atoms with E-state index in [1.807, 2.05) is 6.92 Å². The molecule has 0 spiro atoms. The largest absolute Gasteiger partial charge is 0.474 e. The third kappa shape index (κ3) is 3.38. The van der Waals surface area contributed by atoms with Crippen LogP contribution in [0.1, 0.15) is 38.2 Å². The Bertz CT molecular complexity index is 1090. The van der Waals surface area contributed by atoms with Crippen molar-refractivity contribution < 1.29 is 13.2 Å². The summed E-state index contributed by atoms with van der Waals surface area (Å²) in [4.78, 5) is 11.7. The molecule has 148 valence electrons. The molecule has 0 unspecified atom stereocenters. The van der Waals surface area contributed by atoms with Crippen LogP contribution < -0.4 is 4.74 Å². The van der Waals surface area contributed by atoms with Gasteiger partial charge in [0.2, 0.25) is 5.88 Å². The van der Waals surface area contributed by atoms with Crippen molar-refractivity contribution in [2.24, 2.45) is 11.0 Å². The van der Waals surface area contributed by atoms with Gasteiger partial charge in [0.15, 0.2) is 9.84 Å². The van der Waals surface area contributed by atoms with E-state index in [1.54, 1.807) is 18.5 Å². The summed E-state index contributed by atoms with van der Waals surface area (Å²) in [5.74, 6) is 0.646. The lowest BCUT2D eigenvalue weighted by Gasteiger charge is -2.34. The van der Waals surface area contributed by atoms with Crippen LogP contribution in [-0.4, -0.2) is 36.0 Å². The van der Waals surface area contributed by atoms with Gasteiger partial charge in [-0.25, -0.2) is 18.4 Å². The monoisotopic (exact) mass is 421 g/mol. The summed E-state index contributed by atoms with van der Waals surface area (Å²) in [5.41, 5.74) is 9.17. The molecule has 2 aliphatic rings. The first-order chi connectivity index (χ1) is 13.2. The van der Waals surface area contributed by atoms with Gasteiger partial charge in [-0.05, 0) is 48.2 Å². The number of halogens is 1. The highest BCUT2D eigenvalue weighted by Crippen LogP contribution is 2.50. The van der Waals surface area contributed by atoms with Crippen molar-refractivity contribution in [1.82, 2.24) is 9.97 Å². The second-order valence-electron chi connectivity index (χ2n) is 7.80. The number of pyridine rings is 2. The topological polar surface area (TPSA) is 118 Å². The molecule has 10 heteroatoms. The summed E-state index contributed by atoms with van der Waals surface area (Å²) in [6, 6.07) is 1.73. The fraction of sp³-hybridized carbons (Fsp3) is 0.556. The molecule has 2 heterocycles. The maximum absolute atomic E-state index is 11.6. The average Bonchev–Trinajstić information content (AvgIpc) is 3.41. The third-order valence-corrected chi connectivity index (χ3v) is 7.61. The molecule has 0 radical (unpaired) electrons. The van der Waals surface area contributed by atoms with Crippen LogP contribution in [0.3, 0.4) is 0 Å². The second kappa shape index (κ2) is 6.76. The van der Waals surface area contributed by atoms with Crippen molar-refractivity contribution in [2.45, 2.75) is 49.5 Å². The molecule has 0 bridgehead atoms. The van der Waals surface area contributed by atoms with E-state index in [2.05, 4.69) is 20.0 Å². The molecule has 2 aromatic rings. The lowest BCUT2D eigenvalue weighted by atomic mass is 9.86. The summed E-state index contributed by atoms with van der Waals surface area (Å²) in [7, 11) is -3.05. The smallest absolute Gasteiger partial charge is 0.223 e. The van der Waals surface area contributed by atoms with Gasteiger partial charge in [-0.15, -0.1) is 0 Å². The summed E-state index contributed by atoms with van der Waals surface area (Å²) >= 11 is 6.14. The van der Waals surface area contributed by atoms with Crippen molar-refractivity contribution in [1.29, 1.82) is 0 Å². The Hall–Kier alpha value is -2.09. The molecule has 0 aliphatic heterocycles. The lowest BCUT2D eigenvalue weighted by Crippen LogP contribution is -2.42. The predicted molar refractivity (Wildman–Crippen MR) is 106 cm³/mol. The number of aromatic nitrogens is 2. The summed E-state index contributed by atoms with van der Waals surface area (Å²) in [5, 5.41) is 5.51. The Morgan fingerprint density at radius 1 is 1.29 bits per heavy atom. The fourth-order valence-corrected chi connectivity index (χ4v) is 5.08. The van der Waals surface area contributed by atoms with E-state index >= 15 is 0 Å². The highest BCUT2D eigenvalue weighted by molar-refractivity contribution is 7.91. The first-order valence-electron chi connectivity index (χ1n) is 9.09. The maximum Gasteiger partial charge on any atom is 0.223 e. The van der Waals surface area contributed by atoms with Crippen LogP contribution in [0.25, 0.3) is 21.2 Å². The number of sulfone groups is 1. The quantitative estimate of drug-likeness (QED) is 0.300. The van der Waals surface area contributed by atoms with Crippen molar-refractivity contribution in [3.8, 4) is 5.88 Å². The zero-order valence-electron chi connectivity index (χ0n) is 15.5. The highest BCUT2D eigenvalue weighted by atomic mass is 35.5. The highest BCUT2D eigenvalue weighted by Gasteiger charge is 2.44. The minimum absolute atomic E-state index is 0.205. The van der Waals surface area contributed by atoms with E-state index in [0.717, 1.165) is 23.8 Å². The molecule has 2 aliphatic carbocycles. The molecule has 28 heavy (non-hydrogen) atoms. The van der Waals surface area contributed by atoms with Crippen LogP contribution >= 0.6 is 11.6 Å². The molecule has 0 saturated heterocycles. The van der Waals surface area contributed by atoms with Crippen molar-refractivity contribution in [3.63, 3.8) is 0 Å². The van der Waals surface area contributed by atoms with Crippen LogP contribution in [0.4, 0.5) is 0 Å². The lowest BCUT2D eigenvalue weighted by molar-refractivity contribution is 0.119. The van der Waals surface area contributed by atoms with Crippen LogP contribution in [0.15, 0.2) is 23.6 Å². The minimum atomic E-state index is -3.05. The van der Waals surface area contributed by atoms with E-state index in [9.17, 15) is 8.42 Å². The van der Waals surface area contributed by atoms with Gasteiger partial charge in [-0.1, -0.05) is 16.7 Å². The van der Waals surface area contributed by atoms with E-state index in [4.69, 9.17) is 21.9 Å². The number of hydrogen-bond donors (Lipinski definition) is 0. The van der Waals surface area contributed by atoms with E-state index < -0.39 is 15.4 Å². The molecule has 0 N–H and O–H groups in total. The average molecular weight is 422 g/mol.